The van der Waals surface area contributed by atoms with Gasteiger partial charge in [-0.05, 0) is 48.5 Å². The van der Waals surface area contributed by atoms with E-state index >= 15 is 0 Å². The molecular weight excluding hydrogens is 864 g/mol. The Balaban J connectivity index is 2.07. The smallest absolute Gasteiger partial charge is 0.360 e. The number of aromatic hydroxyl groups is 12. The Morgan fingerprint density at radius 3 is 0.984 bits per heavy atom. The molecule has 0 radical (unpaired) electrons. The van der Waals surface area contributed by atoms with E-state index in [1.165, 1.54) is 0 Å². The number of carbonyl (C=O) groups excluding carboxylic acids is 5. The third-order valence-electron chi connectivity index (χ3n) is 8.52. The van der Waals surface area contributed by atoms with E-state index in [1.54, 1.807) is 0 Å². The number of phenols is 12. The van der Waals surface area contributed by atoms with Gasteiger partial charge in [0.25, 0.3) is 5.60 Å². The van der Waals surface area contributed by atoms with E-state index in [0.717, 1.165) is 0 Å². The average Bonchev–Trinajstić information content (AvgIpc) is 3.20. The third kappa shape index (κ3) is 8.14. The van der Waals surface area contributed by atoms with Crippen molar-refractivity contribution < 1.29 is 134 Å². The number of phenolic OH excluding ortho intramolecular Hbond substituents is 12. The van der Waals surface area contributed by atoms with E-state index in [2.05, 4.69) is 4.74 Å². The van der Waals surface area contributed by atoms with E-state index in [1.807, 2.05) is 0 Å². The van der Waals surface area contributed by atoms with Gasteiger partial charge in [-0.3, -0.25) is 9.59 Å². The minimum Gasteiger partial charge on any atom is -0.504 e. The first-order valence-corrected chi connectivity index (χ1v) is 16.3. The molecule has 4 rings (SSSR count). The van der Waals surface area contributed by atoms with Gasteiger partial charge in [0, 0.05) is 11.1 Å². The number of Topliss-reactive ketones (excluding diaryl/α,β-unsaturated/α-hetero) is 2. The number of carboxylic acids is 3. The van der Waals surface area contributed by atoms with Crippen LogP contribution in [0.1, 0.15) is 41.4 Å². The number of hydrogen-bond donors (Lipinski definition) is 16. The highest BCUT2D eigenvalue weighted by Crippen LogP contribution is 2.43. The number of ether oxygens (including phenoxy) is 3. The molecule has 0 spiro atoms. The number of carboxylic acid groups (broad SMARTS) is 3. The zero-order valence-electron chi connectivity index (χ0n) is 30.4. The van der Waals surface area contributed by atoms with Gasteiger partial charge in [0.15, 0.2) is 69.0 Å². The second kappa shape index (κ2) is 16.7. The summed E-state index contributed by atoms with van der Waals surface area (Å²) >= 11 is 0. The van der Waals surface area contributed by atoms with Crippen molar-refractivity contribution >= 4 is 47.4 Å². The van der Waals surface area contributed by atoms with Gasteiger partial charge in [-0.2, -0.15) is 0 Å². The zero-order valence-corrected chi connectivity index (χ0v) is 30.4. The van der Waals surface area contributed by atoms with Crippen molar-refractivity contribution in [3.63, 3.8) is 0 Å². The molecule has 0 saturated carbocycles. The van der Waals surface area contributed by atoms with Crippen LogP contribution >= 0.6 is 0 Å². The molecule has 4 atom stereocenters. The molecule has 16 N–H and O–H groups in total. The van der Waals surface area contributed by atoms with Gasteiger partial charge in [-0.1, -0.05) is 0 Å². The minimum atomic E-state index is -5.24. The van der Waals surface area contributed by atoms with Crippen LogP contribution in [-0.4, -0.2) is 152 Å². The molecule has 0 saturated heterocycles. The van der Waals surface area contributed by atoms with Crippen LogP contribution in [0.5, 0.6) is 69.0 Å². The largest absolute Gasteiger partial charge is 0.504 e. The van der Waals surface area contributed by atoms with Crippen LogP contribution in [0.3, 0.4) is 0 Å². The number of aliphatic hydroxyl groups is 1. The predicted octanol–water partition coefficient (Wildman–Crippen LogP) is -1.06. The maximum atomic E-state index is 14.3. The number of ketones is 2. The summed E-state index contributed by atoms with van der Waals surface area (Å²) in [5.41, 5.74) is -15.9. The van der Waals surface area contributed by atoms with Crippen molar-refractivity contribution in [3.8, 4) is 69.0 Å². The van der Waals surface area contributed by atoms with Crippen molar-refractivity contribution in [2.24, 2.45) is 0 Å². The summed E-state index contributed by atoms with van der Waals surface area (Å²) in [7, 11) is 0. The normalized spacial score (nSPS) is 13.8. The van der Waals surface area contributed by atoms with E-state index in [0.29, 0.717) is 12.1 Å². The molecule has 332 valence electrons. The number of benzene rings is 4. The van der Waals surface area contributed by atoms with E-state index in [9.17, 15) is 120 Å². The fraction of sp³-hybridized carbons (Fsp3) is 0.111. The monoisotopic (exact) mass is 890 g/mol. The summed E-state index contributed by atoms with van der Waals surface area (Å²) in [4.78, 5) is 108. The molecule has 63 heavy (non-hydrogen) atoms. The van der Waals surface area contributed by atoms with Gasteiger partial charge in [-0.15, -0.1) is 0 Å². The second-order valence-corrected chi connectivity index (χ2v) is 12.5. The van der Waals surface area contributed by atoms with E-state index in [-0.39, 0.29) is 36.4 Å². The summed E-state index contributed by atoms with van der Waals surface area (Å²) in [5.74, 6) is -38.3. The minimum absolute atomic E-state index is 0.0134. The average molecular weight is 891 g/mol. The van der Waals surface area contributed by atoms with Gasteiger partial charge in [-0.25, -0.2) is 28.8 Å². The summed E-state index contributed by atoms with van der Waals surface area (Å²) in [6.07, 6.45) is -7.17. The highest BCUT2D eigenvalue weighted by molar-refractivity contribution is 6.29. The van der Waals surface area contributed by atoms with Crippen LogP contribution in [0.4, 0.5) is 0 Å². The molecule has 0 aliphatic rings. The standard InChI is InChI=1S/C36H26O27/c37-13-1-9(2-14(38)21(13)45)27(49)35(60,33(56)57)36(34(58)59,28(50)10-3-15(39)22(46)16(40)4-10)63-32(55)26(62-31(54)12-7-19(43)24(48)20(44)8-12)25(29(51)52)61-30(53)11-5-17(41)23(47)18(42)6-11/h1-8,25-26,37-48,60H,(H,51,52)(H,56,57)(H,58,59)/t25-,26-,35+,36+/m1/s1. The highest BCUT2D eigenvalue weighted by Gasteiger charge is 2.74. The molecule has 4 aromatic rings. The van der Waals surface area contributed by atoms with Crippen LogP contribution in [-0.2, 0) is 33.4 Å². The molecule has 0 heterocycles. The molecule has 27 heteroatoms. The van der Waals surface area contributed by atoms with Crippen LogP contribution < -0.4 is 0 Å². The fourth-order valence-corrected chi connectivity index (χ4v) is 5.37. The first-order chi connectivity index (χ1) is 29.1. The topological polar surface area (TPSA) is 488 Å². The Hall–Kier alpha value is -9.40. The summed E-state index contributed by atoms with van der Waals surface area (Å²) < 4.78 is 14.1. The Bertz CT molecular complexity index is 2560. The van der Waals surface area contributed by atoms with Crippen LogP contribution in [0.2, 0.25) is 0 Å². The third-order valence-corrected chi connectivity index (χ3v) is 8.52. The number of esters is 3. The molecule has 0 aliphatic carbocycles. The Labute approximate surface area is 344 Å². The number of hydrogen-bond acceptors (Lipinski definition) is 24. The molecule has 27 nitrogen and oxygen atoms in total. The summed E-state index contributed by atoms with van der Waals surface area (Å²) in [6.45, 7) is 0. The fourth-order valence-electron chi connectivity index (χ4n) is 5.37. The van der Waals surface area contributed by atoms with Crippen molar-refractivity contribution in [1.29, 1.82) is 0 Å². The lowest BCUT2D eigenvalue weighted by atomic mass is 9.72. The Morgan fingerprint density at radius 2 is 0.698 bits per heavy atom. The maximum absolute atomic E-state index is 14.3. The zero-order chi connectivity index (χ0) is 47.8. The van der Waals surface area contributed by atoms with Crippen LogP contribution in [0.25, 0.3) is 0 Å². The van der Waals surface area contributed by atoms with Crippen molar-refractivity contribution in [2.45, 2.75) is 23.4 Å². The molecule has 4 aromatic carbocycles. The van der Waals surface area contributed by atoms with Crippen molar-refractivity contribution in [1.82, 2.24) is 0 Å². The van der Waals surface area contributed by atoms with Crippen molar-refractivity contribution in [2.75, 3.05) is 0 Å². The maximum Gasteiger partial charge on any atom is 0.360 e. The van der Waals surface area contributed by atoms with Gasteiger partial charge in [0.05, 0.1) is 11.1 Å². The second-order valence-electron chi connectivity index (χ2n) is 12.5. The summed E-state index contributed by atoms with van der Waals surface area (Å²) in [6, 6.07) is 1.28. The quantitative estimate of drug-likeness (QED) is 0.0222. The van der Waals surface area contributed by atoms with Gasteiger partial charge in [0.2, 0.25) is 23.8 Å². The van der Waals surface area contributed by atoms with Crippen LogP contribution in [0.15, 0.2) is 48.5 Å². The molecule has 0 amide bonds. The summed E-state index contributed by atoms with van der Waals surface area (Å²) in [5, 5.41) is 162. The SMILES string of the molecule is O=C(O[C@@H](C(=O)O)[C@@H](OC(=O)c1cc(O)c(O)c(O)c1)C(=O)O[C@](C(=O)O)(C(=O)c1cc(O)c(O)c(O)c1)[C@@](O)(C(=O)O)C(=O)c1cc(O)c(O)c(O)c1)c1cc(O)c(O)c(O)c1. The van der Waals surface area contributed by atoms with Gasteiger partial charge in [0.1, 0.15) is 0 Å². The van der Waals surface area contributed by atoms with Crippen molar-refractivity contribution in [3.05, 3.63) is 70.8 Å². The van der Waals surface area contributed by atoms with Gasteiger partial charge >= 0.3 is 41.4 Å². The molecule has 0 bridgehead atoms. The number of aliphatic carboxylic acids is 3. The lowest BCUT2D eigenvalue weighted by Gasteiger charge is -2.38. The van der Waals surface area contributed by atoms with E-state index in [4.69, 9.17) is 9.47 Å². The van der Waals surface area contributed by atoms with Gasteiger partial charge < -0.3 is 95.9 Å². The molecular formula is C36H26O27. The first-order valence-electron chi connectivity index (χ1n) is 16.3. The highest BCUT2D eigenvalue weighted by atomic mass is 16.6. The molecule has 0 aromatic heterocycles. The number of carbonyl (C=O) groups is 8. The Kier molecular flexibility index (Phi) is 12.3. The molecule has 0 aliphatic heterocycles. The first kappa shape index (κ1) is 46.3. The lowest BCUT2D eigenvalue weighted by molar-refractivity contribution is -0.207. The van der Waals surface area contributed by atoms with E-state index < -0.39 is 162 Å². The van der Waals surface area contributed by atoms with Crippen LogP contribution in [0, 0.1) is 0 Å². The predicted molar refractivity (Wildman–Crippen MR) is 189 cm³/mol. The molecule has 0 fully saturated rings. The molecule has 0 unspecified atom stereocenters. The number of rotatable bonds is 15. The lowest BCUT2D eigenvalue weighted by Crippen LogP contribution is -2.73. The Morgan fingerprint density at radius 1 is 0.413 bits per heavy atom.